The molecular weight excluding hydrogens is 319 g/mol. The maximum absolute atomic E-state index is 13.3. The predicted octanol–water partition coefficient (Wildman–Crippen LogP) is 5.26. The Balaban J connectivity index is 2.12. The van der Waals surface area contributed by atoms with Crippen molar-refractivity contribution >= 4 is 33.0 Å². The second kappa shape index (κ2) is 6.75. The van der Waals surface area contributed by atoms with E-state index >= 15 is 0 Å². The Morgan fingerprint density at radius 2 is 1.90 bits per heavy atom. The first kappa shape index (κ1) is 14.9. The minimum Gasteiger partial charge on any atom is -0.397 e. The summed E-state index contributed by atoms with van der Waals surface area (Å²) in [6.07, 6.45) is 3.49. The summed E-state index contributed by atoms with van der Waals surface area (Å²) in [5.41, 5.74) is 9.16. The van der Waals surface area contributed by atoms with Crippen LogP contribution in [0.3, 0.4) is 0 Å². The summed E-state index contributed by atoms with van der Waals surface area (Å²) in [5, 5.41) is 3.20. The van der Waals surface area contributed by atoms with Crippen LogP contribution in [-0.2, 0) is 6.42 Å². The molecule has 2 aromatic rings. The molecule has 0 spiro atoms. The first-order valence-electron chi connectivity index (χ1n) is 6.70. The average Bonchev–Trinajstić information content (AvgIpc) is 2.44. The average molecular weight is 337 g/mol. The van der Waals surface area contributed by atoms with Crippen molar-refractivity contribution in [2.45, 2.75) is 26.2 Å². The first-order chi connectivity index (χ1) is 9.60. The number of halogens is 2. The molecule has 3 N–H and O–H groups in total. The molecule has 2 aromatic carbocycles. The van der Waals surface area contributed by atoms with Crippen LogP contribution in [0.4, 0.5) is 21.5 Å². The van der Waals surface area contributed by atoms with E-state index in [0.717, 1.165) is 12.1 Å². The van der Waals surface area contributed by atoms with Crippen molar-refractivity contribution in [3.05, 3.63) is 52.3 Å². The van der Waals surface area contributed by atoms with Crippen molar-refractivity contribution in [1.82, 2.24) is 0 Å². The molecule has 20 heavy (non-hydrogen) atoms. The Bertz CT molecular complexity index is 582. The lowest BCUT2D eigenvalue weighted by molar-refractivity contribution is 0.622. The van der Waals surface area contributed by atoms with Gasteiger partial charge in [0.15, 0.2) is 0 Å². The minimum atomic E-state index is -0.358. The van der Waals surface area contributed by atoms with Crippen LogP contribution < -0.4 is 11.1 Å². The molecule has 0 aromatic heterocycles. The molecule has 0 aliphatic heterocycles. The number of nitrogens with two attached hydrogens (primary N) is 1. The third kappa shape index (κ3) is 3.73. The lowest BCUT2D eigenvalue weighted by Gasteiger charge is -2.11. The van der Waals surface area contributed by atoms with Gasteiger partial charge in [-0.25, -0.2) is 4.39 Å². The number of hydrogen-bond donors (Lipinski definition) is 2. The van der Waals surface area contributed by atoms with Gasteiger partial charge in [-0.2, -0.15) is 0 Å². The fourth-order valence-electron chi connectivity index (χ4n) is 1.96. The van der Waals surface area contributed by atoms with Gasteiger partial charge in [-0.3, -0.25) is 0 Å². The van der Waals surface area contributed by atoms with Crippen LogP contribution in [0.25, 0.3) is 0 Å². The van der Waals surface area contributed by atoms with E-state index in [1.807, 2.05) is 12.1 Å². The number of anilines is 3. The van der Waals surface area contributed by atoms with E-state index in [0.29, 0.717) is 15.8 Å². The van der Waals surface area contributed by atoms with Gasteiger partial charge in [0.05, 0.1) is 15.8 Å². The highest BCUT2D eigenvalue weighted by Gasteiger charge is 2.06. The van der Waals surface area contributed by atoms with Gasteiger partial charge in [0, 0.05) is 11.8 Å². The number of unbranched alkanes of at least 4 members (excludes halogenated alkanes) is 1. The van der Waals surface area contributed by atoms with Crippen molar-refractivity contribution in [2.75, 3.05) is 11.1 Å². The lowest BCUT2D eigenvalue weighted by Crippen LogP contribution is -1.98. The van der Waals surface area contributed by atoms with Gasteiger partial charge < -0.3 is 11.1 Å². The van der Waals surface area contributed by atoms with Crippen LogP contribution >= 0.6 is 15.9 Å². The molecule has 0 fully saturated rings. The summed E-state index contributed by atoms with van der Waals surface area (Å²) >= 11 is 3.16. The molecular formula is C16H18BrFN2. The molecule has 0 saturated carbocycles. The third-order valence-electron chi connectivity index (χ3n) is 3.14. The lowest BCUT2D eigenvalue weighted by atomic mass is 10.1. The molecule has 0 aliphatic carbocycles. The number of nitrogen functional groups attached to an aromatic ring is 1. The van der Waals surface area contributed by atoms with E-state index in [4.69, 9.17) is 5.73 Å². The Hall–Kier alpha value is -1.55. The standard InChI is InChI=1S/C16H18BrFN2/c1-2-3-4-11-5-7-12(8-6-11)20-16-9-13(17)14(18)10-15(16)19/h5-10,20H,2-4,19H2,1H3. The minimum absolute atomic E-state index is 0.358. The summed E-state index contributed by atoms with van der Waals surface area (Å²) < 4.78 is 13.7. The maximum Gasteiger partial charge on any atom is 0.139 e. The molecule has 0 heterocycles. The van der Waals surface area contributed by atoms with Crippen LogP contribution in [0.5, 0.6) is 0 Å². The van der Waals surface area contributed by atoms with Crippen LogP contribution in [0, 0.1) is 5.82 Å². The van der Waals surface area contributed by atoms with E-state index in [-0.39, 0.29) is 5.82 Å². The van der Waals surface area contributed by atoms with Crippen molar-refractivity contribution in [2.24, 2.45) is 0 Å². The number of rotatable bonds is 5. The quantitative estimate of drug-likeness (QED) is 0.731. The predicted molar refractivity (Wildman–Crippen MR) is 86.8 cm³/mol. The second-order valence-electron chi connectivity index (χ2n) is 4.78. The normalized spacial score (nSPS) is 10.6. The number of benzene rings is 2. The molecule has 4 heteroatoms. The molecule has 0 saturated heterocycles. The van der Waals surface area contributed by atoms with E-state index in [1.54, 1.807) is 6.07 Å². The number of hydrogen-bond acceptors (Lipinski definition) is 2. The molecule has 2 rings (SSSR count). The van der Waals surface area contributed by atoms with Gasteiger partial charge in [0.25, 0.3) is 0 Å². The molecule has 106 valence electrons. The zero-order valence-corrected chi connectivity index (χ0v) is 13.0. The SMILES string of the molecule is CCCCc1ccc(Nc2cc(Br)c(F)cc2N)cc1. The van der Waals surface area contributed by atoms with Gasteiger partial charge in [-0.05, 0) is 52.5 Å². The summed E-state index contributed by atoms with van der Waals surface area (Å²) in [6, 6.07) is 11.2. The summed E-state index contributed by atoms with van der Waals surface area (Å²) in [4.78, 5) is 0. The van der Waals surface area contributed by atoms with Gasteiger partial charge in [0.1, 0.15) is 5.82 Å². The van der Waals surface area contributed by atoms with Crippen LogP contribution in [0.1, 0.15) is 25.3 Å². The molecule has 0 aliphatic rings. The summed E-state index contributed by atoms with van der Waals surface area (Å²) in [6.45, 7) is 2.19. The van der Waals surface area contributed by atoms with Crippen molar-refractivity contribution < 1.29 is 4.39 Å². The van der Waals surface area contributed by atoms with Gasteiger partial charge in [-0.1, -0.05) is 25.5 Å². The number of aryl methyl sites for hydroxylation is 1. The molecule has 0 radical (unpaired) electrons. The summed E-state index contributed by atoms with van der Waals surface area (Å²) in [5.74, 6) is -0.358. The maximum atomic E-state index is 13.3. The highest BCUT2D eigenvalue weighted by Crippen LogP contribution is 2.29. The van der Waals surface area contributed by atoms with E-state index in [2.05, 4.69) is 40.3 Å². The molecule has 0 amide bonds. The number of nitrogens with one attached hydrogen (secondary N) is 1. The van der Waals surface area contributed by atoms with Gasteiger partial charge in [-0.15, -0.1) is 0 Å². The highest BCUT2D eigenvalue weighted by atomic mass is 79.9. The molecule has 2 nitrogen and oxygen atoms in total. The Labute approximate surface area is 127 Å². The van der Waals surface area contributed by atoms with Gasteiger partial charge in [0.2, 0.25) is 0 Å². The van der Waals surface area contributed by atoms with E-state index in [1.165, 1.54) is 24.5 Å². The molecule has 0 unspecified atom stereocenters. The largest absolute Gasteiger partial charge is 0.397 e. The molecule has 0 bridgehead atoms. The Morgan fingerprint density at radius 1 is 1.20 bits per heavy atom. The smallest absolute Gasteiger partial charge is 0.139 e. The monoisotopic (exact) mass is 336 g/mol. The van der Waals surface area contributed by atoms with Crippen molar-refractivity contribution in [3.8, 4) is 0 Å². The van der Waals surface area contributed by atoms with Crippen molar-refractivity contribution in [1.29, 1.82) is 0 Å². The van der Waals surface area contributed by atoms with E-state index < -0.39 is 0 Å². The van der Waals surface area contributed by atoms with E-state index in [9.17, 15) is 4.39 Å². The Morgan fingerprint density at radius 3 is 2.55 bits per heavy atom. The zero-order valence-electron chi connectivity index (χ0n) is 11.4. The van der Waals surface area contributed by atoms with Crippen LogP contribution in [0.2, 0.25) is 0 Å². The second-order valence-corrected chi connectivity index (χ2v) is 5.63. The van der Waals surface area contributed by atoms with Crippen LogP contribution in [-0.4, -0.2) is 0 Å². The highest BCUT2D eigenvalue weighted by molar-refractivity contribution is 9.10. The zero-order chi connectivity index (χ0) is 14.5. The fraction of sp³-hybridized carbons (Fsp3) is 0.250. The Kier molecular flexibility index (Phi) is 5.01. The molecule has 0 atom stereocenters. The first-order valence-corrected chi connectivity index (χ1v) is 7.50. The summed E-state index contributed by atoms with van der Waals surface area (Å²) in [7, 11) is 0. The third-order valence-corrected chi connectivity index (χ3v) is 3.75. The topological polar surface area (TPSA) is 38.0 Å². The fourth-order valence-corrected chi connectivity index (χ4v) is 2.31. The van der Waals surface area contributed by atoms with Gasteiger partial charge >= 0.3 is 0 Å². The van der Waals surface area contributed by atoms with Crippen molar-refractivity contribution in [3.63, 3.8) is 0 Å². The van der Waals surface area contributed by atoms with Crippen LogP contribution in [0.15, 0.2) is 40.9 Å².